The first-order valence-electron chi connectivity index (χ1n) is 6.20. The van der Waals surface area contributed by atoms with E-state index in [0.29, 0.717) is 15.7 Å². The normalized spacial score (nSPS) is 12.0. The molecule has 0 saturated heterocycles. The molecule has 1 aromatic heterocycles. The average molecular weight is 326 g/mol. The SMILES string of the molecule is C[C@H](CO)NC(=O)c1cc(-c2ccc(Cl)c(Cl)c2)ncn1. The van der Waals surface area contributed by atoms with E-state index in [9.17, 15) is 4.79 Å². The topological polar surface area (TPSA) is 75.1 Å². The predicted octanol–water partition coefficient (Wildman–Crippen LogP) is 2.56. The van der Waals surface area contributed by atoms with Crippen molar-refractivity contribution in [3.8, 4) is 11.3 Å². The Labute approximate surface area is 131 Å². The molecule has 21 heavy (non-hydrogen) atoms. The van der Waals surface area contributed by atoms with Gasteiger partial charge in [-0.3, -0.25) is 4.79 Å². The van der Waals surface area contributed by atoms with Gasteiger partial charge >= 0.3 is 0 Å². The van der Waals surface area contributed by atoms with Crippen LogP contribution < -0.4 is 5.32 Å². The van der Waals surface area contributed by atoms with Gasteiger partial charge in [-0.1, -0.05) is 29.3 Å². The summed E-state index contributed by atoms with van der Waals surface area (Å²) >= 11 is 11.8. The van der Waals surface area contributed by atoms with Gasteiger partial charge in [0, 0.05) is 11.6 Å². The Morgan fingerprint density at radius 3 is 2.71 bits per heavy atom. The van der Waals surface area contributed by atoms with Crippen molar-refractivity contribution in [2.75, 3.05) is 6.61 Å². The zero-order chi connectivity index (χ0) is 15.4. The van der Waals surface area contributed by atoms with Crippen LogP contribution in [0.4, 0.5) is 0 Å². The Hall–Kier alpha value is -1.69. The summed E-state index contributed by atoms with van der Waals surface area (Å²) in [5, 5.41) is 12.4. The predicted molar refractivity (Wildman–Crippen MR) is 81.5 cm³/mol. The van der Waals surface area contributed by atoms with Gasteiger partial charge in [0.25, 0.3) is 5.91 Å². The lowest BCUT2D eigenvalue weighted by molar-refractivity contribution is 0.0917. The maximum Gasteiger partial charge on any atom is 0.270 e. The van der Waals surface area contributed by atoms with E-state index in [4.69, 9.17) is 28.3 Å². The average Bonchev–Trinajstić information content (AvgIpc) is 2.50. The lowest BCUT2D eigenvalue weighted by atomic mass is 10.1. The van der Waals surface area contributed by atoms with Gasteiger partial charge in [-0.2, -0.15) is 0 Å². The number of hydrogen-bond acceptors (Lipinski definition) is 4. The summed E-state index contributed by atoms with van der Waals surface area (Å²) < 4.78 is 0. The molecule has 2 aromatic rings. The van der Waals surface area contributed by atoms with Crippen molar-refractivity contribution in [1.29, 1.82) is 0 Å². The number of nitrogens with one attached hydrogen (secondary N) is 1. The van der Waals surface area contributed by atoms with Gasteiger partial charge in [0.15, 0.2) is 0 Å². The van der Waals surface area contributed by atoms with E-state index in [1.165, 1.54) is 6.33 Å². The van der Waals surface area contributed by atoms with Crippen LogP contribution in [0.1, 0.15) is 17.4 Å². The van der Waals surface area contributed by atoms with E-state index < -0.39 is 0 Å². The molecule has 1 heterocycles. The number of benzene rings is 1. The van der Waals surface area contributed by atoms with Crippen LogP contribution >= 0.6 is 23.2 Å². The zero-order valence-corrected chi connectivity index (χ0v) is 12.7. The summed E-state index contributed by atoms with van der Waals surface area (Å²) in [6.45, 7) is 1.55. The molecule has 1 aromatic carbocycles. The van der Waals surface area contributed by atoms with Crippen molar-refractivity contribution < 1.29 is 9.90 Å². The summed E-state index contributed by atoms with van der Waals surface area (Å²) in [6, 6.07) is 6.30. The fraction of sp³-hybridized carbons (Fsp3) is 0.214. The minimum atomic E-state index is -0.375. The van der Waals surface area contributed by atoms with Crippen LogP contribution in [-0.2, 0) is 0 Å². The molecule has 7 heteroatoms. The van der Waals surface area contributed by atoms with Crippen molar-refractivity contribution in [3.05, 3.63) is 46.3 Å². The van der Waals surface area contributed by atoms with Crippen molar-refractivity contribution in [3.63, 3.8) is 0 Å². The largest absolute Gasteiger partial charge is 0.394 e. The first kappa shape index (κ1) is 15.7. The third kappa shape index (κ3) is 3.91. The van der Waals surface area contributed by atoms with Crippen molar-refractivity contribution in [2.45, 2.75) is 13.0 Å². The standard InChI is InChI=1S/C14H13Cl2N3O2/c1-8(6-20)19-14(21)13-5-12(17-7-18-13)9-2-3-10(15)11(16)4-9/h2-5,7-8,20H,6H2,1H3,(H,19,21)/t8-/m1/s1. The van der Waals surface area contributed by atoms with Crippen LogP contribution in [0.2, 0.25) is 10.0 Å². The second-order valence-electron chi connectivity index (χ2n) is 4.47. The first-order valence-corrected chi connectivity index (χ1v) is 6.96. The summed E-state index contributed by atoms with van der Waals surface area (Å²) in [6.07, 6.45) is 1.30. The zero-order valence-electron chi connectivity index (χ0n) is 11.2. The van der Waals surface area contributed by atoms with E-state index in [2.05, 4.69) is 15.3 Å². The molecule has 1 amide bonds. The van der Waals surface area contributed by atoms with Crippen molar-refractivity contribution in [1.82, 2.24) is 15.3 Å². The molecule has 2 rings (SSSR count). The molecule has 110 valence electrons. The van der Waals surface area contributed by atoms with Crippen molar-refractivity contribution in [2.24, 2.45) is 0 Å². The second-order valence-corrected chi connectivity index (χ2v) is 5.29. The lowest BCUT2D eigenvalue weighted by Crippen LogP contribution is -2.35. The lowest BCUT2D eigenvalue weighted by Gasteiger charge is -2.10. The van der Waals surface area contributed by atoms with Crippen LogP contribution in [0.25, 0.3) is 11.3 Å². The Morgan fingerprint density at radius 1 is 1.29 bits per heavy atom. The highest BCUT2D eigenvalue weighted by Gasteiger charge is 2.12. The second kappa shape index (κ2) is 6.85. The number of aliphatic hydroxyl groups is 1. The third-order valence-electron chi connectivity index (χ3n) is 2.77. The van der Waals surface area contributed by atoms with Crippen LogP contribution in [0, 0.1) is 0 Å². The van der Waals surface area contributed by atoms with Crippen LogP contribution in [0.15, 0.2) is 30.6 Å². The van der Waals surface area contributed by atoms with Gasteiger partial charge in [-0.05, 0) is 25.1 Å². The number of hydrogen-bond donors (Lipinski definition) is 2. The highest BCUT2D eigenvalue weighted by atomic mass is 35.5. The molecule has 0 unspecified atom stereocenters. The smallest absolute Gasteiger partial charge is 0.270 e. The van der Waals surface area contributed by atoms with E-state index in [0.717, 1.165) is 5.56 Å². The quantitative estimate of drug-likeness (QED) is 0.905. The van der Waals surface area contributed by atoms with E-state index in [1.54, 1.807) is 31.2 Å². The molecule has 0 radical (unpaired) electrons. The number of nitrogens with zero attached hydrogens (tertiary/aromatic N) is 2. The first-order chi connectivity index (χ1) is 10.0. The number of carbonyl (C=O) groups is 1. The third-order valence-corrected chi connectivity index (χ3v) is 3.51. The summed E-state index contributed by atoms with van der Waals surface area (Å²) in [7, 11) is 0. The van der Waals surface area contributed by atoms with Crippen LogP contribution in [0.5, 0.6) is 0 Å². The van der Waals surface area contributed by atoms with E-state index in [-0.39, 0.29) is 24.2 Å². The molecule has 0 spiro atoms. The number of carbonyl (C=O) groups excluding carboxylic acids is 1. The monoisotopic (exact) mass is 325 g/mol. The Morgan fingerprint density at radius 2 is 2.05 bits per heavy atom. The molecule has 1 atom stereocenters. The maximum absolute atomic E-state index is 12.0. The summed E-state index contributed by atoms with van der Waals surface area (Å²) in [5.41, 5.74) is 1.51. The number of aromatic nitrogens is 2. The van der Waals surface area contributed by atoms with Gasteiger partial charge in [0.05, 0.1) is 22.3 Å². The number of halogens is 2. The molecular weight excluding hydrogens is 313 g/mol. The molecule has 0 aliphatic rings. The molecule has 0 bridgehead atoms. The number of amides is 1. The molecular formula is C14H13Cl2N3O2. The maximum atomic E-state index is 12.0. The Balaban J connectivity index is 2.28. The van der Waals surface area contributed by atoms with Gasteiger partial charge in [-0.15, -0.1) is 0 Å². The van der Waals surface area contributed by atoms with Gasteiger partial charge in [-0.25, -0.2) is 9.97 Å². The molecule has 5 nitrogen and oxygen atoms in total. The summed E-state index contributed by atoms with van der Waals surface area (Å²) in [5.74, 6) is -0.375. The Bertz CT molecular complexity index is 664. The minimum Gasteiger partial charge on any atom is -0.394 e. The number of aliphatic hydroxyl groups excluding tert-OH is 1. The minimum absolute atomic E-state index is 0.142. The molecule has 0 fully saturated rings. The number of rotatable bonds is 4. The van der Waals surface area contributed by atoms with Gasteiger partial charge in [0.2, 0.25) is 0 Å². The van der Waals surface area contributed by atoms with Crippen LogP contribution in [-0.4, -0.2) is 33.6 Å². The van der Waals surface area contributed by atoms with E-state index >= 15 is 0 Å². The van der Waals surface area contributed by atoms with Gasteiger partial charge < -0.3 is 10.4 Å². The highest BCUT2D eigenvalue weighted by Crippen LogP contribution is 2.27. The Kier molecular flexibility index (Phi) is 5.12. The summed E-state index contributed by atoms with van der Waals surface area (Å²) in [4.78, 5) is 20.0. The highest BCUT2D eigenvalue weighted by molar-refractivity contribution is 6.42. The molecule has 2 N–H and O–H groups in total. The molecule has 0 saturated carbocycles. The van der Waals surface area contributed by atoms with Crippen LogP contribution in [0.3, 0.4) is 0 Å². The van der Waals surface area contributed by atoms with Crippen molar-refractivity contribution >= 4 is 29.1 Å². The van der Waals surface area contributed by atoms with E-state index in [1.807, 2.05) is 0 Å². The fourth-order valence-corrected chi connectivity index (χ4v) is 1.94. The fourth-order valence-electron chi connectivity index (χ4n) is 1.64. The molecule has 0 aliphatic carbocycles. The van der Waals surface area contributed by atoms with Gasteiger partial charge in [0.1, 0.15) is 12.0 Å². The molecule has 0 aliphatic heterocycles.